The Morgan fingerprint density at radius 1 is 0.810 bits per heavy atom. The number of methoxy groups -OCH3 is 2. The lowest BCUT2D eigenvalue weighted by Crippen LogP contribution is -2.25. The summed E-state index contributed by atoms with van der Waals surface area (Å²) >= 11 is 0. The van der Waals surface area contributed by atoms with Crippen LogP contribution in [0.3, 0.4) is 0 Å². The second-order valence-corrected chi connectivity index (χ2v) is 5.70. The average Bonchev–Trinajstić information content (AvgIpc) is 2.51. The third kappa shape index (κ3) is 13.2. The minimum absolute atomic E-state index is 0.264. The third-order valence-electron chi connectivity index (χ3n) is 3.85. The van der Waals surface area contributed by atoms with Gasteiger partial charge in [-0.2, -0.15) is 0 Å². The van der Waals surface area contributed by atoms with Crippen molar-refractivity contribution in [3.05, 3.63) is 0 Å². The lowest BCUT2D eigenvalue weighted by atomic mass is 10.0. The van der Waals surface area contributed by atoms with Gasteiger partial charge in [0, 0.05) is 14.2 Å². The molecule has 0 heterocycles. The van der Waals surface area contributed by atoms with Crippen LogP contribution >= 0.6 is 0 Å². The Morgan fingerprint density at radius 2 is 1.38 bits per heavy atom. The van der Waals surface area contributed by atoms with Crippen molar-refractivity contribution in [1.29, 1.82) is 0 Å². The van der Waals surface area contributed by atoms with Gasteiger partial charge in [-0.3, -0.25) is 0 Å². The molecule has 0 aromatic heterocycles. The molecule has 4 nitrogen and oxygen atoms in total. The first-order valence-electron chi connectivity index (χ1n) is 8.65. The molecule has 1 unspecified atom stereocenters. The summed E-state index contributed by atoms with van der Waals surface area (Å²) in [7, 11) is 3.28. The fourth-order valence-electron chi connectivity index (χ4n) is 2.43. The van der Waals surface area contributed by atoms with E-state index in [1.807, 2.05) is 0 Å². The van der Waals surface area contributed by atoms with Crippen LogP contribution in [0.25, 0.3) is 0 Å². The zero-order valence-electron chi connectivity index (χ0n) is 14.4. The number of ether oxygens (including phenoxy) is 3. The van der Waals surface area contributed by atoms with Gasteiger partial charge in [-0.15, -0.1) is 0 Å². The molecule has 0 bridgehead atoms. The van der Waals surface area contributed by atoms with E-state index in [9.17, 15) is 0 Å². The summed E-state index contributed by atoms with van der Waals surface area (Å²) in [4.78, 5) is 0. The zero-order chi connectivity index (χ0) is 15.8. The van der Waals surface area contributed by atoms with Crippen molar-refractivity contribution < 1.29 is 14.2 Å². The molecule has 0 aliphatic carbocycles. The zero-order valence-corrected chi connectivity index (χ0v) is 14.4. The normalized spacial score (nSPS) is 13.0. The maximum absolute atomic E-state index is 5.93. The van der Waals surface area contributed by atoms with Crippen LogP contribution in [0.15, 0.2) is 0 Å². The van der Waals surface area contributed by atoms with Gasteiger partial charge in [0.2, 0.25) is 0 Å². The molecule has 0 spiro atoms. The van der Waals surface area contributed by atoms with Crippen LogP contribution in [0, 0.1) is 0 Å². The number of hydrogen-bond acceptors (Lipinski definition) is 4. The van der Waals surface area contributed by atoms with Crippen LogP contribution < -0.4 is 5.73 Å². The van der Waals surface area contributed by atoms with Gasteiger partial charge in [0.1, 0.15) is 0 Å². The highest BCUT2D eigenvalue weighted by atomic mass is 16.7. The van der Waals surface area contributed by atoms with E-state index in [4.69, 9.17) is 19.9 Å². The molecule has 1 atom stereocenters. The molecule has 4 heteroatoms. The van der Waals surface area contributed by atoms with Crippen LogP contribution in [0.2, 0.25) is 0 Å². The standard InChI is InChI=1S/C17H37NO3/c1-4-5-6-7-8-9-10-12-16(13-11-14-18)21-15-17(19-2)20-3/h16-17H,4-15,18H2,1-3H3. The minimum atomic E-state index is -0.264. The Bertz CT molecular complexity index is 198. The number of nitrogens with two attached hydrogens (primary N) is 1. The van der Waals surface area contributed by atoms with Crippen molar-refractivity contribution in [3.63, 3.8) is 0 Å². The molecule has 2 N–H and O–H groups in total. The van der Waals surface area contributed by atoms with Crippen molar-refractivity contribution >= 4 is 0 Å². The summed E-state index contributed by atoms with van der Waals surface area (Å²) in [6.07, 6.45) is 12.5. The quantitative estimate of drug-likeness (QED) is 0.347. The monoisotopic (exact) mass is 303 g/mol. The fraction of sp³-hybridized carbons (Fsp3) is 1.00. The van der Waals surface area contributed by atoms with Crippen molar-refractivity contribution in [2.45, 2.75) is 83.5 Å². The molecule has 0 fully saturated rings. The van der Waals surface area contributed by atoms with Gasteiger partial charge in [-0.25, -0.2) is 0 Å². The van der Waals surface area contributed by atoms with E-state index in [0.29, 0.717) is 6.61 Å². The van der Waals surface area contributed by atoms with Gasteiger partial charge < -0.3 is 19.9 Å². The molecule has 0 amide bonds. The smallest absolute Gasteiger partial charge is 0.180 e. The summed E-state index contributed by atoms with van der Waals surface area (Å²) < 4.78 is 16.3. The van der Waals surface area contributed by atoms with Crippen molar-refractivity contribution in [2.75, 3.05) is 27.4 Å². The molecule has 0 saturated carbocycles. The highest BCUT2D eigenvalue weighted by Gasteiger charge is 2.12. The first-order chi connectivity index (χ1) is 10.3. The second-order valence-electron chi connectivity index (χ2n) is 5.70. The van der Waals surface area contributed by atoms with Crippen LogP contribution in [0.4, 0.5) is 0 Å². The van der Waals surface area contributed by atoms with Gasteiger partial charge in [0.25, 0.3) is 0 Å². The first kappa shape index (κ1) is 20.8. The molecule has 0 radical (unpaired) electrons. The van der Waals surface area contributed by atoms with Gasteiger partial charge in [0.15, 0.2) is 6.29 Å². The van der Waals surface area contributed by atoms with Crippen molar-refractivity contribution in [1.82, 2.24) is 0 Å². The highest BCUT2D eigenvalue weighted by molar-refractivity contribution is 4.61. The van der Waals surface area contributed by atoms with E-state index in [-0.39, 0.29) is 12.4 Å². The second kappa shape index (κ2) is 16.2. The van der Waals surface area contributed by atoms with E-state index >= 15 is 0 Å². The van der Waals surface area contributed by atoms with E-state index < -0.39 is 0 Å². The molecule has 128 valence electrons. The molecule has 0 aliphatic rings. The molecular weight excluding hydrogens is 266 g/mol. The largest absolute Gasteiger partial charge is 0.373 e. The van der Waals surface area contributed by atoms with Crippen LogP contribution in [-0.2, 0) is 14.2 Å². The summed E-state index contributed by atoms with van der Waals surface area (Å²) in [5.41, 5.74) is 5.60. The third-order valence-corrected chi connectivity index (χ3v) is 3.85. The van der Waals surface area contributed by atoms with Crippen LogP contribution in [0.5, 0.6) is 0 Å². The molecule has 0 rings (SSSR count). The first-order valence-corrected chi connectivity index (χ1v) is 8.65. The molecule has 0 aliphatic heterocycles. The molecule has 21 heavy (non-hydrogen) atoms. The Hall–Kier alpha value is -0.160. The highest BCUT2D eigenvalue weighted by Crippen LogP contribution is 2.15. The van der Waals surface area contributed by atoms with E-state index in [0.717, 1.165) is 25.8 Å². The number of unbranched alkanes of at least 4 members (excludes halogenated alkanes) is 6. The predicted octanol–water partition coefficient (Wildman–Crippen LogP) is 3.87. The predicted molar refractivity (Wildman–Crippen MR) is 88.4 cm³/mol. The van der Waals surface area contributed by atoms with Crippen molar-refractivity contribution in [2.24, 2.45) is 5.73 Å². The van der Waals surface area contributed by atoms with Crippen molar-refractivity contribution in [3.8, 4) is 0 Å². The molecular formula is C17H37NO3. The Labute approximate surface area is 131 Å². The number of hydrogen-bond donors (Lipinski definition) is 1. The summed E-state index contributed by atoms with van der Waals surface area (Å²) in [5, 5.41) is 0. The van der Waals surface area contributed by atoms with E-state index in [1.54, 1.807) is 14.2 Å². The maximum atomic E-state index is 5.93. The minimum Gasteiger partial charge on any atom is -0.373 e. The van der Waals surface area contributed by atoms with Crippen LogP contribution in [-0.4, -0.2) is 39.8 Å². The van der Waals surface area contributed by atoms with Crippen LogP contribution in [0.1, 0.15) is 71.1 Å². The molecule has 0 aromatic carbocycles. The molecule has 0 saturated heterocycles. The lowest BCUT2D eigenvalue weighted by molar-refractivity contribution is -0.153. The maximum Gasteiger partial charge on any atom is 0.180 e. The Morgan fingerprint density at radius 3 is 1.95 bits per heavy atom. The molecule has 0 aromatic rings. The van der Waals surface area contributed by atoms with Gasteiger partial charge in [-0.05, 0) is 25.8 Å². The van der Waals surface area contributed by atoms with E-state index in [2.05, 4.69) is 6.92 Å². The summed E-state index contributed by atoms with van der Waals surface area (Å²) in [6.45, 7) is 3.49. The Balaban J connectivity index is 3.74. The SMILES string of the molecule is CCCCCCCCCC(CCCN)OCC(OC)OC. The topological polar surface area (TPSA) is 53.7 Å². The summed E-state index contributed by atoms with van der Waals surface area (Å²) in [5.74, 6) is 0. The van der Waals surface area contributed by atoms with E-state index in [1.165, 1.54) is 44.9 Å². The Kier molecular flexibility index (Phi) is 16.1. The van der Waals surface area contributed by atoms with Gasteiger partial charge in [-0.1, -0.05) is 51.9 Å². The number of rotatable bonds is 16. The fourth-order valence-corrected chi connectivity index (χ4v) is 2.43. The average molecular weight is 303 g/mol. The lowest BCUT2D eigenvalue weighted by Gasteiger charge is -2.21. The van der Waals surface area contributed by atoms with Gasteiger partial charge >= 0.3 is 0 Å². The summed E-state index contributed by atoms with van der Waals surface area (Å²) in [6, 6.07) is 0. The van der Waals surface area contributed by atoms with Gasteiger partial charge in [0.05, 0.1) is 12.7 Å².